The molecule has 0 aromatic carbocycles. The lowest BCUT2D eigenvalue weighted by molar-refractivity contribution is -0.833. The van der Waals surface area contributed by atoms with Crippen LogP contribution in [0.15, 0.2) is 23.2 Å². The van der Waals surface area contributed by atoms with Gasteiger partial charge in [-0.25, -0.2) is 0 Å². The summed E-state index contributed by atoms with van der Waals surface area (Å²) >= 11 is 0. The lowest BCUT2D eigenvalue weighted by Gasteiger charge is -2.42. The van der Waals surface area contributed by atoms with E-state index in [1.54, 1.807) is 5.31 Å². The van der Waals surface area contributed by atoms with Crippen LogP contribution in [0.25, 0.3) is 0 Å². The van der Waals surface area contributed by atoms with Gasteiger partial charge in [0.15, 0.2) is 0 Å². The van der Waals surface area contributed by atoms with Crippen molar-refractivity contribution >= 4 is 7.92 Å². The predicted octanol–water partition coefficient (Wildman–Crippen LogP) is 2.23. The molecular weight excluding hydrogens is 181 g/mol. The van der Waals surface area contributed by atoms with Crippen molar-refractivity contribution in [3.05, 3.63) is 28.4 Å². The zero-order valence-electron chi connectivity index (χ0n) is 7.86. The highest BCUT2D eigenvalue weighted by Crippen LogP contribution is 2.59. The molecule has 2 heterocycles. The van der Waals surface area contributed by atoms with Crippen LogP contribution in [0.4, 0.5) is 0 Å². The van der Waals surface area contributed by atoms with Crippen molar-refractivity contribution in [3.8, 4) is 0 Å². The molecule has 3 heteroatoms. The third-order valence-corrected chi connectivity index (χ3v) is 5.80. The summed E-state index contributed by atoms with van der Waals surface area (Å²) in [6.45, 7) is 4.01. The van der Waals surface area contributed by atoms with Gasteiger partial charge >= 0.3 is 0 Å². The van der Waals surface area contributed by atoms with Gasteiger partial charge in [-0.3, -0.25) is 0 Å². The first-order valence-corrected chi connectivity index (χ1v) is 6.89. The zero-order chi connectivity index (χ0) is 9.05. The Hall–Kier alpha value is -0.170. The second-order valence-electron chi connectivity index (χ2n) is 4.32. The van der Waals surface area contributed by atoms with Crippen LogP contribution in [0.3, 0.4) is 0 Å². The average Bonchev–Trinajstić information content (AvgIpc) is 2.23. The first-order chi connectivity index (χ1) is 6.21. The van der Waals surface area contributed by atoms with E-state index in [0.717, 1.165) is 31.4 Å². The molecule has 0 fully saturated rings. The van der Waals surface area contributed by atoms with E-state index in [0.29, 0.717) is 5.92 Å². The van der Waals surface area contributed by atoms with Gasteiger partial charge in [-0.05, 0) is 19.2 Å². The summed E-state index contributed by atoms with van der Waals surface area (Å²) in [5.41, 5.74) is 1.14. The standard InChI is InChI=1S/C10H14NOP/c1-13-6-5-11(12)7-8-3-2-4-9(11)10(8)13/h2,4,8H,3,5-7H2,1H3. The quantitative estimate of drug-likeness (QED) is 0.330. The fourth-order valence-corrected chi connectivity index (χ4v) is 5.18. The highest BCUT2D eigenvalue weighted by Gasteiger charge is 2.46. The van der Waals surface area contributed by atoms with E-state index < -0.39 is 0 Å². The summed E-state index contributed by atoms with van der Waals surface area (Å²) in [5.74, 6) is 0.608. The summed E-state index contributed by atoms with van der Waals surface area (Å²) in [6, 6.07) is 0. The Balaban J connectivity index is 2.17. The molecule has 0 amide bonds. The topological polar surface area (TPSA) is 23.1 Å². The van der Waals surface area contributed by atoms with Crippen molar-refractivity contribution in [1.82, 2.24) is 0 Å². The van der Waals surface area contributed by atoms with Crippen molar-refractivity contribution in [2.24, 2.45) is 5.92 Å². The highest BCUT2D eigenvalue weighted by atomic mass is 31.1. The van der Waals surface area contributed by atoms with Crippen molar-refractivity contribution < 1.29 is 4.65 Å². The Kier molecular flexibility index (Phi) is 1.53. The molecule has 3 unspecified atom stereocenters. The SMILES string of the molecule is CP1CC[N+]2([O-])CC3CC=CC2=C31. The summed E-state index contributed by atoms with van der Waals surface area (Å²) in [6.07, 6.45) is 6.56. The van der Waals surface area contributed by atoms with Crippen molar-refractivity contribution in [2.45, 2.75) is 6.42 Å². The molecule has 3 aliphatic rings. The van der Waals surface area contributed by atoms with Gasteiger partial charge in [0.05, 0.1) is 13.1 Å². The van der Waals surface area contributed by atoms with Crippen LogP contribution in [0.1, 0.15) is 6.42 Å². The lowest BCUT2D eigenvalue weighted by Crippen LogP contribution is -2.41. The smallest absolute Gasteiger partial charge is 0.136 e. The van der Waals surface area contributed by atoms with E-state index in [-0.39, 0.29) is 12.6 Å². The van der Waals surface area contributed by atoms with Crippen LogP contribution in [0.2, 0.25) is 0 Å². The molecule has 3 atom stereocenters. The molecule has 0 saturated carbocycles. The van der Waals surface area contributed by atoms with E-state index in [4.69, 9.17) is 0 Å². The Morgan fingerprint density at radius 1 is 1.62 bits per heavy atom. The van der Waals surface area contributed by atoms with Crippen LogP contribution in [0.5, 0.6) is 0 Å². The van der Waals surface area contributed by atoms with Gasteiger partial charge in [-0.15, -0.1) is 0 Å². The molecule has 0 aromatic rings. The molecular formula is C10H14NOP. The molecule has 2 nitrogen and oxygen atoms in total. The Morgan fingerprint density at radius 2 is 2.46 bits per heavy atom. The van der Waals surface area contributed by atoms with Crippen LogP contribution >= 0.6 is 7.92 Å². The fraction of sp³-hybridized carbons (Fsp3) is 0.600. The lowest BCUT2D eigenvalue weighted by atomic mass is 10.0. The zero-order valence-corrected chi connectivity index (χ0v) is 8.76. The molecule has 13 heavy (non-hydrogen) atoms. The normalized spacial score (nSPS) is 47.2. The van der Waals surface area contributed by atoms with E-state index in [1.165, 1.54) is 0 Å². The van der Waals surface area contributed by atoms with Gasteiger partial charge in [0, 0.05) is 17.4 Å². The fourth-order valence-electron chi connectivity index (χ4n) is 2.86. The molecule has 70 valence electrons. The van der Waals surface area contributed by atoms with Crippen LogP contribution in [-0.2, 0) is 0 Å². The molecule has 3 rings (SSSR count). The summed E-state index contributed by atoms with van der Waals surface area (Å²) in [7, 11) is 0.0342. The highest BCUT2D eigenvalue weighted by molar-refractivity contribution is 7.61. The maximum absolute atomic E-state index is 12.3. The minimum absolute atomic E-state index is 0.00315. The van der Waals surface area contributed by atoms with Gasteiger partial charge in [0.2, 0.25) is 0 Å². The molecule has 0 aromatic heterocycles. The van der Waals surface area contributed by atoms with E-state index in [2.05, 4.69) is 18.8 Å². The van der Waals surface area contributed by atoms with Gasteiger partial charge in [0.25, 0.3) is 0 Å². The summed E-state index contributed by atoms with van der Waals surface area (Å²) in [4.78, 5) is 0. The molecule has 0 N–H and O–H groups in total. The van der Waals surface area contributed by atoms with Gasteiger partial charge in [-0.1, -0.05) is 14.0 Å². The predicted molar refractivity (Wildman–Crippen MR) is 55.3 cm³/mol. The number of nitrogens with zero attached hydrogens (tertiary/aromatic N) is 1. The number of hydroxylamine groups is 3. The maximum Gasteiger partial charge on any atom is 0.136 e. The van der Waals surface area contributed by atoms with Gasteiger partial charge < -0.3 is 9.85 Å². The number of hydrogen-bond acceptors (Lipinski definition) is 1. The second kappa shape index (κ2) is 2.44. The van der Waals surface area contributed by atoms with Crippen molar-refractivity contribution in [3.63, 3.8) is 0 Å². The van der Waals surface area contributed by atoms with Crippen LogP contribution in [-0.4, -0.2) is 30.6 Å². The average molecular weight is 195 g/mol. The summed E-state index contributed by atoms with van der Waals surface area (Å²) in [5, 5.41) is 13.9. The van der Waals surface area contributed by atoms with E-state index in [9.17, 15) is 5.21 Å². The maximum atomic E-state index is 12.3. The van der Waals surface area contributed by atoms with Crippen LogP contribution in [0, 0.1) is 11.1 Å². The largest absolute Gasteiger partial charge is 0.627 e. The third kappa shape index (κ3) is 0.942. The molecule has 0 saturated heterocycles. The monoisotopic (exact) mass is 195 g/mol. The van der Waals surface area contributed by atoms with Crippen molar-refractivity contribution in [2.75, 3.05) is 25.9 Å². The number of allylic oxidation sites excluding steroid dienone is 2. The number of hydrogen-bond donors (Lipinski definition) is 0. The molecule has 2 aliphatic heterocycles. The first-order valence-electron chi connectivity index (χ1n) is 4.91. The van der Waals surface area contributed by atoms with Crippen LogP contribution < -0.4 is 0 Å². The third-order valence-electron chi connectivity index (χ3n) is 3.51. The molecule has 4 bridgehead atoms. The van der Waals surface area contributed by atoms with E-state index >= 15 is 0 Å². The minimum Gasteiger partial charge on any atom is -0.627 e. The van der Waals surface area contributed by atoms with Crippen molar-refractivity contribution in [1.29, 1.82) is 0 Å². The Bertz CT molecular complexity index is 323. The second-order valence-corrected chi connectivity index (χ2v) is 6.65. The van der Waals surface area contributed by atoms with Gasteiger partial charge in [0.1, 0.15) is 5.70 Å². The summed E-state index contributed by atoms with van der Waals surface area (Å²) < 4.78 is 0.00315. The molecule has 0 radical (unpaired) electrons. The van der Waals surface area contributed by atoms with E-state index in [1.807, 2.05) is 0 Å². The number of quaternary nitrogens is 1. The Morgan fingerprint density at radius 3 is 3.23 bits per heavy atom. The molecule has 0 spiro atoms. The number of rotatable bonds is 0. The minimum atomic E-state index is 0.00315. The first kappa shape index (κ1) is 8.16. The van der Waals surface area contributed by atoms with Gasteiger partial charge in [-0.2, -0.15) is 0 Å². The Labute approximate surface area is 79.8 Å². The molecule has 1 aliphatic carbocycles.